The molecule has 0 saturated carbocycles. The van der Waals surface area contributed by atoms with Gasteiger partial charge in [0.2, 0.25) is 5.91 Å². The van der Waals surface area contributed by atoms with Gasteiger partial charge in [0.25, 0.3) is 5.56 Å². The Morgan fingerprint density at radius 3 is 2.59 bits per heavy atom. The van der Waals surface area contributed by atoms with Gasteiger partial charge in [-0.2, -0.15) is 0 Å². The fourth-order valence-corrected chi connectivity index (χ4v) is 4.53. The lowest BCUT2D eigenvalue weighted by molar-refractivity contribution is -0.121. The number of carbonyl (C=O) groups excluding carboxylic acids is 1. The number of unbranched alkanes of at least 4 members (excludes halogenated alkanes) is 1. The van der Waals surface area contributed by atoms with Crippen LogP contribution in [-0.4, -0.2) is 48.0 Å². The molecule has 0 bridgehead atoms. The summed E-state index contributed by atoms with van der Waals surface area (Å²) in [7, 11) is 0. The number of nitrogens with zero attached hydrogens (tertiary/aromatic N) is 5. The molecule has 4 heterocycles. The first kappa shape index (κ1) is 23.9. The van der Waals surface area contributed by atoms with Crippen LogP contribution in [-0.2, 0) is 24.4 Å². The lowest BCUT2D eigenvalue weighted by atomic mass is 9.96. The number of aromatic amines is 1. The number of aryl methyl sites for hydroxylation is 3. The molecule has 4 rings (SSSR count). The van der Waals surface area contributed by atoms with E-state index < -0.39 is 11.2 Å². The smallest absolute Gasteiger partial charge is 0.321 e. The number of imidazole rings is 1. The highest BCUT2D eigenvalue weighted by molar-refractivity contribution is 5.91. The largest absolute Gasteiger partial charge is 0.330 e. The van der Waals surface area contributed by atoms with Gasteiger partial charge in [0.1, 0.15) is 11.6 Å². The Kier molecular flexibility index (Phi) is 7.26. The summed E-state index contributed by atoms with van der Waals surface area (Å²) in [6, 6.07) is 3.75. The third kappa shape index (κ3) is 4.96. The third-order valence-corrected chi connectivity index (χ3v) is 6.50. The summed E-state index contributed by atoms with van der Waals surface area (Å²) in [5.74, 6) is 1.29. The fourth-order valence-electron chi connectivity index (χ4n) is 4.53. The number of fused-ring (bicyclic) bond motifs is 1. The number of anilines is 1. The van der Waals surface area contributed by atoms with Crippen LogP contribution in [0, 0.1) is 12.8 Å². The highest BCUT2D eigenvalue weighted by Gasteiger charge is 2.27. The van der Waals surface area contributed by atoms with Crippen molar-refractivity contribution in [2.75, 3.05) is 18.4 Å². The number of hydrogen-bond acceptors (Lipinski definition) is 6. The van der Waals surface area contributed by atoms with Crippen LogP contribution < -0.4 is 16.6 Å². The van der Waals surface area contributed by atoms with Crippen LogP contribution in [0.15, 0.2) is 27.9 Å². The standard InChI is InChI=1S/C24H33N7O3/c1-4-6-11-31-21-20(23(33)28-24(31)34)30(5-2)19(27-21)15-29-12-9-17(10-13-29)22(32)26-18-8-7-16(3)14-25-18/h7-8,14,17H,4-6,9-13,15H2,1-3H3,(H,25,26,32)(H,28,33,34). The highest BCUT2D eigenvalue weighted by Crippen LogP contribution is 2.22. The predicted octanol–water partition coefficient (Wildman–Crippen LogP) is 2.26. The number of carbonyl (C=O) groups is 1. The van der Waals surface area contributed by atoms with Gasteiger partial charge in [-0.1, -0.05) is 19.4 Å². The summed E-state index contributed by atoms with van der Waals surface area (Å²) >= 11 is 0. The van der Waals surface area contributed by atoms with Crippen LogP contribution in [0.4, 0.5) is 5.82 Å². The van der Waals surface area contributed by atoms with Crippen LogP contribution >= 0.6 is 0 Å². The van der Waals surface area contributed by atoms with E-state index in [0.29, 0.717) is 36.6 Å². The minimum absolute atomic E-state index is 0.00303. The van der Waals surface area contributed by atoms with E-state index in [0.717, 1.165) is 50.2 Å². The second kappa shape index (κ2) is 10.3. The minimum Gasteiger partial charge on any atom is -0.321 e. The van der Waals surface area contributed by atoms with Crippen LogP contribution in [0.25, 0.3) is 11.2 Å². The Labute approximate surface area is 198 Å². The molecular formula is C24H33N7O3. The SMILES string of the molecule is CCCCn1c(=O)[nH]c(=O)c2c1nc(CN1CCC(C(=O)Nc3ccc(C)cn3)CC1)n2CC. The Balaban J connectivity index is 1.46. The van der Waals surface area contributed by atoms with Crippen molar-refractivity contribution >= 4 is 22.9 Å². The molecule has 3 aromatic heterocycles. The second-order valence-electron chi connectivity index (χ2n) is 8.97. The molecule has 1 fully saturated rings. The molecule has 0 aromatic carbocycles. The van der Waals surface area contributed by atoms with Crippen molar-refractivity contribution in [3.05, 3.63) is 50.6 Å². The molecule has 1 saturated heterocycles. The van der Waals surface area contributed by atoms with Crippen molar-refractivity contribution < 1.29 is 4.79 Å². The molecule has 0 spiro atoms. The summed E-state index contributed by atoms with van der Waals surface area (Å²) < 4.78 is 3.48. The zero-order valence-electron chi connectivity index (χ0n) is 20.1. The topological polar surface area (TPSA) is 118 Å². The fraction of sp³-hybridized carbons (Fsp3) is 0.542. The van der Waals surface area contributed by atoms with Crippen molar-refractivity contribution in [2.45, 2.75) is 66.1 Å². The van der Waals surface area contributed by atoms with Crippen LogP contribution in [0.1, 0.15) is 50.9 Å². The Hall–Kier alpha value is -3.27. The number of rotatable bonds is 8. The van der Waals surface area contributed by atoms with Gasteiger partial charge in [-0.15, -0.1) is 0 Å². The lowest BCUT2D eigenvalue weighted by Gasteiger charge is -2.31. The lowest BCUT2D eigenvalue weighted by Crippen LogP contribution is -2.38. The van der Waals surface area contributed by atoms with E-state index in [1.807, 2.05) is 30.5 Å². The number of nitrogens with one attached hydrogen (secondary N) is 2. The van der Waals surface area contributed by atoms with E-state index in [1.54, 1.807) is 10.8 Å². The van der Waals surface area contributed by atoms with Crippen LogP contribution in [0.5, 0.6) is 0 Å². The van der Waals surface area contributed by atoms with E-state index in [9.17, 15) is 14.4 Å². The van der Waals surface area contributed by atoms with Crippen molar-refractivity contribution in [2.24, 2.45) is 5.92 Å². The van der Waals surface area contributed by atoms with Gasteiger partial charge < -0.3 is 9.88 Å². The Morgan fingerprint density at radius 2 is 1.94 bits per heavy atom. The molecule has 10 nitrogen and oxygen atoms in total. The van der Waals surface area contributed by atoms with E-state index in [1.165, 1.54) is 0 Å². The van der Waals surface area contributed by atoms with Gasteiger partial charge in [-0.3, -0.25) is 24.0 Å². The molecule has 1 amide bonds. The number of H-pyrrole nitrogens is 1. The first-order chi connectivity index (χ1) is 16.4. The van der Waals surface area contributed by atoms with Gasteiger partial charge in [-0.05, 0) is 57.8 Å². The first-order valence-corrected chi connectivity index (χ1v) is 12.1. The molecule has 1 aliphatic heterocycles. The normalized spacial score (nSPS) is 15.1. The van der Waals surface area contributed by atoms with E-state index >= 15 is 0 Å². The zero-order valence-corrected chi connectivity index (χ0v) is 20.1. The van der Waals surface area contributed by atoms with Gasteiger partial charge >= 0.3 is 5.69 Å². The van der Waals surface area contributed by atoms with Crippen LogP contribution in [0.3, 0.4) is 0 Å². The average molecular weight is 468 g/mol. The summed E-state index contributed by atoms with van der Waals surface area (Å²) in [5, 5.41) is 2.92. The van der Waals surface area contributed by atoms with Crippen molar-refractivity contribution in [1.82, 2.24) is 29.0 Å². The van der Waals surface area contributed by atoms with Crippen molar-refractivity contribution in [3.63, 3.8) is 0 Å². The van der Waals surface area contributed by atoms with E-state index in [4.69, 9.17) is 4.98 Å². The summed E-state index contributed by atoms with van der Waals surface area (Å²) in [4.78, 5) is 51.4. The number of aromatic nitrogens is 5. The van der Waals surface area contributed by atoms with E-state index in [-0.39, 0.29) is 11.8 Å². The maximum atomic E-state index is 12.7. The average Bonchev–Trinajstić information content (AvgIpc) is 3.19. The number of pyridine rings is 1. The van der Waals surface area contributed by atoms with Crippen LogP contribution in [0.2, 0.25) is 0 Å². The van der Waals surface area contributed by atoms with Crippen molar-refractivity contribution in [3.8, 4) is 0 Å². The molecular weight excluding hydrogens is 434 g/mol. The molecule has 34 heavy (non-hydrogen) atoms. The van der Waals surface area contributed by atoms with Crippen molar-refractivity contribution in [1.29, 1.82) is 0 Å². The molecule has 182 valence electrons. The Morgan fingerprint density at radius 1 is 1.18 bits per heavy atom. The first-order valence-electron chi connectivity index (χ1n) is 12.1. The molecule has 2 N–H and O–H groups in total. The van der Waals surface area contributed by atoms with Gasteiger partial charge in [-0.25, -0.2) is 14.8 Å². The second-order valence-corrected chi connectivity index (χ2v) is 8.97. The highest BCUT2D eigenvalue weighted by atomic mass is 16.2. The van der Waals surface area contributed by atoms with Gasteiger partial charge in [0.15, 0.2) is 11.2 Å². The number of likely N-dealkylation sites (tertiary alicyclic amines) is 1. The summed E-state index contributed by atoms with van der Waals surface area (Å²) in [6.45, 7) is 9.19. The number of hydrogen-bond donors (Lipinski definition) is 2. The maximum absolute atomic E-state index is 12.7. The number of amides is 1. The van der Waals surface area contributed by atoms with Gasteiger partial charge in [0, 0.05) is 25.2 Å². The molecule has 0 unspecified atom stereocenters. The molecule has 0 radical (unpaired) electrons. The molecule has 3 aromatic rings. The monoisotopic (exact) mass is 467 g/mol. The molecule has 0 atom stereocenters. The third-order valence-electron chi connectivity index (χ3n) is 6.50. The summed E-state index contributed by atoms with van der Waals surface area (Å²) in [5.41, 5.74) is 1.15. The number of piperidine rings is 1. The Bertz CT molecular complexity index is 1260. The summed E-state index contributed by atoms with van der Waals surface area (Å²) in [6.07, 6.45) is 5.00. The van der Waals surface area contributed by atoms with Gasteiger partial charge in [0.05, 0.1) is 6.54 Å². The van der Waals surface area contributed by atoms with E-state index in [2.05, 4.69) is 27.1 Å². The molecule has 1 aliphatic rings. The quantitative estimate of drug-likeness (QED) is 0.525. The maximum Gasteiger partial charge on any atom is 0.330 e. The molecule has 10 heteroatoms. The predicted molar refractivity (Wildman–Crippen MR) is 131 cm³/mol. The minimum atomic E-state index is -0.409. The molecule has 0 aliphatic carbocycles. The zero-order chi connectivity index (χ0) is 24.2.